The van der Waals surface area contributed by atoms with Gasteiger partial charge in [-0.25, -0.2) is 0 Å². The molecule has 0 atom stereocenters. The van der Waals surface area contributed by atoms with E-state index >= 15 is 0 Å². The first-order chi connectivity index (χ1) is 4.29. The van der Waals surface area contributed by atoms with Crippen LogP contribution < -0.4 is 5.73 Å². The van der Waals surface area contributed by atoms with E-state index < -0.39 is 0 Å². The van der Waals surface area contributed by atoms with Crippen molar-refractivity contribution in [3.05, 3.63) is 18.0 Å². The average molecular weight is 126 g/mol. The Morgan fingerprint density at radius 3 is 2.11 bits per heavy atom. The van der Waals surface area contributed by atoms with Crippen LogP contribution in [-0.4, -0.2) is 4.98 Å². The molecule has 1 aromatic heterocycles. The Labute approximate surface area is 56.1 Å². The number of aromatic amines is 1. The van der Waals surface area contributed by atoms with Gasteiger partial charge in [-0.1, -0.05) is 13.8 Å². The predicted octanol–water partition coefficient (Wildman–Crippen LogP) is 1.93. The number of nitrogen functional groups attached to an aromatic ring is 1. The number of hydrogen-bond acceptors (Lipinski definition) is 1. The number of nitrogens with one attached hydrogen (secondary N) is 1. The van der Waals surface area contributed by atoms with Crippen LogP contribution in [0.3, 0.4) is 0 Å². The smallest absolute Gasteiger partial charge is 0.0494 e. The SMILES string of the molecule is CC.Cc1cc(N)c[nH]1. The summed E-state index contributed by atoms with van der Waals surface area (Å²) in [5.74, 6) is 0. The maximum absolute atomic E-state index is 5.35. The van der Waals surface area contributed by atoms with Gasteiger partial charge in [0.1, 0.15) is 0 Å². The van der Waals surface area contributed by atoms with E-state index in [1.165, 1.54) is 0 Å². The molecule has 0 amide bonds. The first-order valence-electron chi connectivity index (χ1n) is 3.19. The summed E-state index contributed by atoms with van der Waals surface area (Å²) < 4.78 is 0. The molecule has 3 N–H and O–H groups in total. The van der Waals surface area contributed by atoms with Crippen molar-refractivity contribution >= 4 is 5.69 Å². The second kappa shape index (κ2) is 4.01. The summed E-state index contributed by atoms with van der Waals surface area (Å²) in [7, 11) is 0. The minimum Gasteiger partial charge on any atom is -0.397 e. The van der Waals surface area contributed by atoms with Crippen LogP contribution in [0, 0.1) is 6.92 Å². The van der Waals surface area contributed by atoms with E-state index in [-0.39, 0.29) is 0 Å². The number of H-pyrrole nitrogens is 1. The van der Waals surface area contributed by atoms with E-state index in [0.717, 1.165) is 11.4 Å². The Morgan fingerprint density at radius 1 is 1.44 bits per heavy atom. The van der Waals surface area contributed by atoms with Gasteiger partial charge < -0.3 is 10.7 Å². The fourth-order valence-corrected chi connectivity index (χ4v) is 0.531. The van der Waals surface area contributed by atoms with Gasteiger partial charge in [-0.05, 0) is 13.0 Å². The zero-order valence-corrected chi connectivity index (χ0v) is 6.23. The zero-order valence-electron chi connectivity index (χ0n) is 6.23. The molecule has 2 heteroatoms. The van der Waals surface area contributed by atoms with Gasteiger partial charge in [0.15, 0.2) is 0 Å². The lowest BCUT2D eigenvalue weighted by Crippen LogP contribution is -1.75. The highest BCUT2D eigenvalue weighted by atomic mass is 14.7. The highest BCUT2D eigenvalue weighted by Crippen LogP contribution is 2.00. The van der Waals surface area contributed by atoms with Crippen LogP contribution in [-0.2, 0) is 0 Å². The molecule has 0 aliphatic carbocycles. The largest absolute Gasteiger partial charge is 0.397 e. The van der Waals surface area contributed by atoms with Crippen molar-refractivity contribution in [3.63, 3.8) is 0 Å². The molecule has 0 aromatic carbocycles. The molecule has 0 saturated heterocycles. The maximum atomic E-state index is 5.35. The highest BCUT2D eigenvalue weighted by molar-refractivity contribution is 5.36. The fraction of sp³-hybridized carbons (Fsp3) is 0.429. The quantitative estimate of drug-likeness (QED) is 0.548. The van der Waals surface area contributed by atoms with Crippen LogP contribution in [0.25, 0.3) is 0 Å². The van der Waals surface area contributed by atoms with Crippen LogP contribution >= 0.6 is 0 Å². The highest BCUT2D eigenvalue weighted by Gasteiger charge is 1.83. The molecule has 2 nitrogen and oxygen atoms in total. The third kappa shape index (κ3) is 2.80. The van der Waals surface area contributed by atoms with E-state index in [0.29, 0.717) is 0 Å². The number of aryl methyl sites for hydroxylation is 1. The summed E-state index contributed by atoms with van der Waals surface area (Å²) in [6.45, 7) is 5.97. The van der Waals surface area contributed by atoms with Crippen LogP contribution in [0.4, 0.5) is 5.69 Å². The number of hydrogen-bond donors (Lipinski definition) is 2. The molecule has 0 saturated carbocycles. The Balaban J connectivity index is 0.000000291. The lowest BCUT2D eigenvalue weighted by Gasteiger charge is -1.72. The lowest BCUT2D eigenvalue weighted by molar-refractivity contribution is 1.27. The Hall–Kier alpha value is -0.920. The molecule has 0 fully saturated rings. The second-order valence-electron chi connectivity index (χ2n) is 1.62. The Kier molecular flexibility index (Phi) is 3.60. The standard InChI is InChI=1S/C5H8N2.C2H6/c1-4-2-5(6)3-7-4;1-2/h2-3,7H,6H2,1H3;1-2H3. The van der Waals surface area contributed by atoms with Crippen molar-refractivity contribution in [2.45, 2.75) is 20.8 Å². The van der Waals surface area contributed by atoms with Crippen LogP contribution in [0.15, 0.2) is 12.3 Å². The Morgan fingerprint density at radius 2 is 2.00 bits per heavy atom. The summed E-state index contributed by atoms with van der Waals surface area (Å²) in [5, 5.41) is 0. The van der Waals surface area contributed by atoms with Gasteiger partial charge in [-0.3, -0.25) is 0 Å². The van der Waals surface area contributed by atoms with Crippen molar-refractivity contribution in [1.29, 1.82) is 0 Å². The molecule has 0 unspecified atom stereocenters. The molecule has 0 aliphatic rings. The van der Waals surface area contributed by atoms with Gasteiger partial charge in [0.2, 0.25) is 0 Å². The van der Waals surface area contributed by atoms with E-state index in [1.54, 1.807) is 6.20 Å². The molecule has 1 heterocycles. The van der Waals surface area contributed by atoms with Gasteiger partial charge in [0.05, 0.1) is 0 Å². The number of nitrogens with two attached hydrogens (primary N) is 1. The van der Waals surface area contributed by atoms with Crippen LogP contribution in [0.2, 0.25) is 0 Å². The molecule has 1 aromatic rings. The predicted molar refractivity (Wildman–Crippen MR) is 41.3 cm³/mol. The molecule has 0 bridgehead atoms. The monoisotopic (exact) mass is 126 g/mol. The first-order valence-corrected chi connectivity index (χ1v) is 3.19. The van der Waals surface area contributed by atoms with Gasteiger partial charge in [0, 0.05) is 17.6 Å². The molecule has 0 spiro atoms. The lowest BCUT2D eigenvalue weighted by atomic mass is 10.5. The van der Waals surface area contributed by atoms with Crippen molar-refractivity contribution in [3.8, 4) is 0 Å². The van der Waals surface area contributed by atoms with Crippen LogP contribution in [0.1, 0.15) is 19.5 Å². The summed E-state index contributed by atoms with van der Waals surface area (Å²) >= 11 is 0. The molecule has 0 aliphatic heterocycles. The van der Waals surface area contributed by atoms with Crippen molar-refractivity contribution in [2.24, 2.45) is 0 Å². The maximum Gasteiger partial charge on any atom is 0.0494 e. The minimum absolute atomic E-state index is 0.803. The second-order valence-corrected chi connectivity index (χ2v) is 1.62. The summed E-state index contributed by atoms with van der Waals surface area (Å²) in [6, 6.07) is 1.89. The fourth-order valence-electron chi connectivity index (χ4n) is 0.531. The van der Waals surface area contributed by atoms with E-state index in [4.69, 9.17) is 5.73 Å². The van der Waals surface area contributed by atoms with Gasteiger partial charge >= 0.3 is 0 Å². The summed E-state index contributed by atoms with van der Waals surface area (Å²) in [6.07, 6.45) is 1.77. The molecular weight excluding hydrogens is 112 g/mol. The number of aromatic nitrogens is 1. The van der Waals surface area contributed by atoms with E-state index in [1.807, 2.05) is 26.8 Å². The Bertz CT molecular complexity index is 139. The molecule has 52 valence electrons. The molecule has 0 radical (unpaired) electrons. The normalized spacial score (nSPS) is 7.89. The molecule has 9 heavy (non-hydrogen) atoms. The number of rotatable bonds is 0. The number of anilines is 1. The summed E-state index contributed by atoms with van der Waals surface area (Å²) in [4.78, 5) is 2.94. The zero-order chi connectivity index (χ0) is 7.28. The summed E-state index contributed by atoms with van der Waals surface area (Å²) in [5.41, 5.74) is 7.26. The minimum atomic E-state index is 0.803. The van der Waals surface area contributed by atoms with Gasteiger partial charge in [0.25, 0.3) is 0 Å². The first kappa shape index (κ1) is 8.08. The third-order valence-electron chi connectivity index (χ3n) is 0.850. The van der Waals surface area contributed by atoms with Gasteiger partial charge in [-0.15, -0.1) is 0 Å². The van der Waals surface area contributed by atoms with Gasteiger partial charge in [-0.2, -0.15) is 0 Å². The average Bonchev–Trinajstić information content (AvgIpc) is 2.20. The van der Waals surface area contributed by atoms with Crippen molar-refractivity contribution in [2.75, 3.05) is 5.73 Å². The van der Waals surface area contributed by atoms with Crippen molar-refractivity contribution in [1.82, 2.24) is 4.98 Å². The molecule has 1 rings (SSSR count). The van der Waals surface area contributed by atoms with Crippen molar-refractivity contribution < 1.29 is 0 Å². The third-order valence-corrected chi connectivity index (χ3v) is 0.850. The van der Waals surface area contributed by atoms with Crippen LogP contribution in [0.5, 0.6) is 0 Å². The van der Waals surface area contributed by atoms with E-state index in [2.05, 4.69) is 4.98 Å². The van der Waals surface area contributed by atoms with E-state index in [9.17, 15) is 0 Å². The molecular formula is C7H14N2. The topological polar surface area (TPSA) is 41.8 Å².